The van der Waals surface area contributed by atoms with Crippen LogP contribution in [0.1, 0.15) is 69.3 Å². The van der Waals surface area contributed by atoms with E-state index in [-0.39, 0.29) is 103 Å². The molecular weight excluding hydrogens is 1040 g/mol. The Bertz CT molecular complexity index is 3140. The number of benzene rings is 4. The van der Waals surface area contributed by atoms with E-state index in [1.807, 2.05) is 51.6 Å². The molecule has 4 heterocycles. The lowest BCUT2D eigenvalue weighted by molar-refractivity contribution is -0.139. The third-order valence-corrected chi connectivity index (χ3v) is 16.4. The number of likely N-dealkylation sites (N-methyl/N-ethyl adjacent to an activating group) is 2. The zero-order valence-electron chi connectivity index (χ0n) is 44.0. The Morgan fingerprint density at radius 2 is 1.67 bits per heavy atom. The van der Waals surface area contributed by atoms with E-state index in [2.05, 4.69) is 25.9 Å². The first kappa shape index (κ1) is 55.8. The van der Waals surface area contributed by atoms with E-state index in [0.29, 0.717) is 37.7 Å². The van der Waals surface area contributed by atoms with Gasteiger partial charge in [-0.15, -0.1) is 11.3 Å². The summed E-state index contributed by atoms with van der Waals surface area (Å²) >= 11 is 8.14. The molecule has 2 saturated heterocycles. The van der Waals surface area contributed by atoms with Crippen LogP contribution in [0.3, 0.4) is 0 Å². The zero-order chi connectivity index (χ0) is 55.0. The molecule has 2 aromatic heterocycles. The van der Waals surface area contributed by atoms with Gasteiger partial charge in [0.05, 0.1) is 41.6 Å². The molecule has 2 aliphatic heterocycles. The SMILES string of the molecule is CN[C@@H](C)C(=O)N[C@H](C(=O)N1CCC[C@H]1c1nc(-c2ccc(OCCOCCN(C)C(=O)CCNc3nc(N4CCN(C(N)=O)CC4)c4cc(Cl)c(-c5c(O)cccc5F)c(F)c4n3)c3ccccc23)cs1)C1CCCCC1. The first-order chi connectivity index (χ1) is 37.7. The molecular formula is C56H66ClF2N11O7S. The summed E-state index contributed by atoms with van der Waals surface area (Å²) in [7, 11) is 3.41. The molecule has 414 valence electrons. The van der Waals surface area contributed by atoms with Crippen LogP contribution in [-0.2, 0) is 19.1 Å². The fraction of sp³-hybridized carbons (Fsp3) is 0.446. The number of nitrogens with two attached hydrogens (primary N) is 1. The summed E-state index contributed by atoms with van der Waals surface area (Å²) in [5, 5.41) is 24.6. The van der Waals surface area contributed by atoms with Crippen molar-refractivity contribution in [2.24, 2.45) is 11.7 Å². The number of aromatic nitrogens is 3. The Balaban J connectivity index is 0.782. The normalized spacial score (nSPS) is 16.8. The number of piperazine rings is 1. The monoisotopic (exact) mass is 1110 g/mol. The van der Waals surface area contributed by atoms with E-state index < -0.39 is 41.1 Å². The Labute approximate surface area is 460 Å². The number of amides is 5. The zero-order valence-corrected chi connectivity index (χ0v) is 45.6. The summed E-state index contributed by atoms with van der Waals surface area (Å²) in [6.45, 7) is 4.81. The number of thiazole rings is 1. The summed E-state index contributed by atoms with van der Waals surface area (Å²) in [6.07, 6.45) is 6.82. The van der Waals surface area contributed by atoms with Crippen molar-refractivity contribution in [2.45, 2.75) is 76.4 Å². The lowest BCUT2D eigenvalue weighted by atomic mass is 9.83. The number of phenolic OH excluding ortho intramolecular Hbond substituents is 1. The number of anilines is 2. The molecule has 5 amide bonds. The van der Waals surface area contributed by atoms with E-state index in [1.54, 1.807) is 37.3 Å². The summed E-state index contributed by atoms with van der Waals surface area (Å²) in [5.74, 6) is -1.62. The predicted molar refractivity (Wildman–Crippen MR) is 298 cm³/mol. The van der Waals surface area contributed by atoms with Crippen molar-refractivity contribution in [3.05, 3.63) is 87.7 Å². The molecule has 78 heavy (non-hydrogen) atoms. The van der Waals surface area contributed by atoms with Crippen LogP contribution in [0.25, 0.3) is 44.1 Å². The second kappa shape index (κ2) is 25.2. The fourth-order valence-electron chi connectivity index (χ4n) is 10.6. The highest BCUT2D eigenvalue weighted by atomic mass is 35.5. The number of hydrogen-bond acceptors (Lipinski definition) is 14. The molecule has 0 radical (unpaired) electrons. The molecule has 22 heteroatoms. The number of likely N-dealkylation sites (tertiary alicyclic amines) is 1. The van der Waals surface area contributed by atoms with Crippen molar-refractivity contribution < 1.29 is 42.5 Å². The molecule has 4 aromatic carbocycles. The number of nitrogens with zero attached hydrogens (tertiary/aromatic N) is 7. The van der Waals surface area contributed by atoms with Gasteiger partial charge in [-0.05, 0) is 81.3 Å². The molecule has 0 bridgehead atoms. The van der Waals surface area contributed by atoms with Crippen molar-refractivity contribution in [2.75, 3.05) is 89.9 Å². The largest absolute Gasteiger partial charge is 0.507 e. The van der Waals surface area contributed by atoms with Crippen molar-refractivity contribution in [1.82, 2.24) is 40.3 Å². The molecule has 1 aliphatic carbocycles. The average molecular weight is 1110 g/mol. The summed E-state index contributed by atoms with van der Waals surface area (Å²) in [5.41, 5.74) is 6.31. The number of halogens is 3. The van der Waals surface area contributed by atoms with Gasteiger partial charge in [-0.25, -0.2) is 23.5 Å². The number of rotatable bonds is 20. The van der Waals surface area contributed by atoms with Crippen LogP contribution in [0, 0.1) is 17.6 Å². The quantitative estimate of drug-likeness (QED) is 0.0457. The van der Waals surface area contributed by atoms with Gasteiger partial charge in [0.25, 0.3) is 0 Å². The third-order valence-electron chi connectivity index (χ3n) is 15.1. The smallest absolute Gasteiger partial charge is 0.314 e. The highest BCUT2D eigenvalue weighted by molar-refractivity contribution is 7.10. The van der Waals surface area contributed by atoms with E-state index in [1.165, 1.54) is 23.1 Å². The minimum absolute atomic E-state index is 0.00126. The number of nitrogens with one attached hydrogen (secondary N) is 3. The molecule has 3 atom stereocenters. The first-order valence-corrected chi connectivity index (χ1v) is 27.9. The minimum Gasteiger partial charge on any atom is -0.507 e. The van der Waals surface area contributed by atoms with Crippen LogP contribution in [0.4, 0.5) is 25.3 Å². The van der Waals surface area contributed by atoms with Gasteiger partial charge < -0.3 is 55.9 Å². The van der Waals surface area contributed by atoms with Crippen molar-refractivity contribution in [3.8, 4) is 33.9 Å². The molecule has 6 N–H and O–H groups in total. The number of phenols is 1. The highest BCUT2D eigenvalue weighted by Gasteiger charge is 2.40. The van der Waals surface area contributed by atoms with Crippen molar-refractivity contribution in [3.63, 3.8) is 0 Å². The minimum atomic E-state index is -0.972. The van der Waals surface area contributed by atoms with Gasteiger partial charge in [-0.2, -0.15) is 4.98 Å². The lowest BCUT2D eigenvalue weighted by Crippen LogP contribution is -2.55. The standard InChI is InChI=1S/C56H66ClF2N11O7S/c1-33(61-2)52(73)64-49(34-11-5-4-6-12-34)54(74)70-22-10-16-42(70)53-63-41(32-78-53)36-18-19-44(37-14-8-7-13-35(36)37)77-30-29-76-28-27-67(3)45(72)20-21-62-56-65-50-38(51(66-56)68-23-25-69(26-24-68)55(60)75)31-39(57)46(48(50)59)47-40(58)15-9-17-43(47)71/h7-9,13-15,17-19,31-34,42,49,61,71H,4-6,10-12,16,20-30H2,1-3H3,(H2,60,75)(H,64,73)(H,62,65,66)/t33-,42-,49-/m0/s1. The van der Waals surface area contributed by atoms with E-state index in [4.69, 9.17) is 31.8 Å². The summed E-state index contributed by atoms with van der Waals surface area (Å²) in [6, 6.07) is 15.3. The molecule has 0 spiro atoms. The van der Waals surface area contributed by atoms with Gasteiger partial charge in [0.1, 0.15) is 46.3 Å². The average Bonchev–Trinajstić information content (AvgIpc) is 4.26. The predicted octanol–water partition coefficient (Wildman–Crippen LogP) is 8.10. The number of carbonyl (C=O) groups is 4. The van der Waals surface area contributed by atoms with E-state index in [9.17, 15) is 24.3 Å². The maximum Gasteiger partial charge on any atom is 0.314 e. The van der Waals surface area contributed by atoms with Crippen LogP contribution in [0.5, 0.6) is 11.5 Å². The second-order valence-electron chi connectivity index (χ2n) is 20.0. The topological polar surface area (TPSA) is 221 Å². The number of aromatic hydroxyl groups is 1. The van der Waals surface area contributed by atoms with E-state index in [0.717, 1.165) is 78.0 Å². The van der Waals surface area contributed by atoms with Crippen LogP contribution in [0.2, 0.25) is 5.02 Å². The van der Waals surface area contributed by atoms with Gasteiger partial charge in [0, 0.05) is 86.6 Å². The molecule has 9 rings (SSSR count). The molecule has 0 unspecified atom stereocenters. The number of hydrogen-bond donors (Lipinski definition) is 5. The number of carbonyl (C=O) groups excluding carboxylic acids is 4. The second-order valence-corrected chi connectivity index (χ2v) is 21.3. The highest BCUT2D eigenvalue weighted by Crippen LogP contribution is 2.44. The van der Waals surface area contributed by atoms with Gasteiger partial charge in [-0.3, -0.25) is 14.4 Å². The Kier molecular flexibility index (Phi) is 18.1. The van der Waals surface area contributed by atoms with Crippen molar-refractivity contribution in [1.29, 1.82) is 0 Å². The van der Waals surface area contributed by atoms with E-state index >= 15 is 8.78 Å². The Hall–Kier alpha value is -6.94. The number of fused-ring (bicyclic) bond motifs is 2. The first-order valence-electron chi connectivity index (χ1n) is 26.6. The number of ether oxygens (including phenoxy) is 2. The van der Waals surface area contributed by atoms with Crippen molar-refractivity contribution >= 4 is 80.1 Å². The molecule has 3 fully saturated rings. The Morgan fingerprint density at radius 3 is 2.41 bits per heavy atom. The van der Waals surface area contributed by atoms with Gasteiger partial charge >= 0.3 is 6.03 Å². The maximum atomic E-state index is 16.5. The lowest BCUT2D eigenvalue weighted by Gasteiger charge is -2.35. The Morgan fingerprint density at radius 1 is 0.897 bits per heavy atom. The fourth-order valence-corrected chi connectivity index (χ4v) is 11.9. The van der Waals surface area contributed by atoms with Gasteiger partial charge in [0.15, 0.2) is 5.82 Å². The van der Waals surface area contributed by atoms with Crippen LogP contribution in [0.15, 0.2) is 66.0 Å². The molecule has 3 aliphatic rings. The number of urea groups is 1. The third kappa shape index (κ3) is 12.3. The maximum absolute atomic E-state index is 16.5. The molecule has 1 saturated carbocycles. The summed E-state index contributed by atoms with van der Waals surface area (Å²) in [4.78, 5) is 73.7. The van der Waals surface area contributed by atoms with Crippen LogP contribution >= 0.6 is 22.9 Å². The number of primary amides is 1. The summed E-state index contributed by atoms with van der Waals surface area (Å²) < 4.78 is 43.7. The van der Waals surface area contributed by atoms with Gasteiger partial charge in [0.2, 0.25) is 23.7 Å². The molecule has 6 aromatic rings. The van der Waals surface area contributed by atoms with Crippen LogP contribution < -0.4 is 31.3 Å². The van der Waals surface area contributed by atoms with Crippen LogP contribution in [-0.4, -0.2) is 150 Å². The van der Waals surface area contributed by atoms with Gasteiger partial charge in [-0.1, -0.05) is 61.2 Å². The molecule has 18 nitrogen and oxygen atoms in total.